The van der Waals surface area contributed by atoms with Crippen molar-refractivity contribution in [2.45, 2.75) is 123 Å². The Hall–Kier alpha value is -0.760. The van der Waals surface area contributed by atoms with Crippen LogP contribution < -0.4 is 0 Å². The molecule has 6 aliphatic rings. The van der Waals surface area contributed by atoms with Crippen LogP contribution in [-0.4, -0.2) is 202 Å². The summed E-state index contributed by atoms with van der Waals surface area (Å²) in [5.74, 6) is 0. The van der Waals surface area contributed by atoms with Crippen molar-refractivity contribution in [3.05, 3.63) is 0 Å². The van der Waals surface area contributed by atoms with Crippen LogP contribution in [0, 0.1) is 0 Å². The quantitative estimate of drug-likeness (QED) is 0.113. The molecule has 0 aliphatic carbocycles. The summed E-state index contributed by atoms with van der Waals surface area (Å²) in [5.41, 5.74) is 0. The van der Waals surface area contributed by atoms with Crippen LogP contribution in [0.3, 0.4) is 0 Å². The van der Waals surface area contributed by atoms with E-state index >= 15 is 0 Å². The molecule has 6 saturated heterocycles. The fourth-order valence-electron chi connectivity index (χ4n) is 6.43. The highest BCUT2D eigenvalue weighted by Crippen LogP contribution is 2.38. The van der Waals surface area contributed by atoms with Gasteiger partial charge in [-0.2, -0.15) is 0 Å². The van der Waals surface area contributed by atoms with E-state index in [-0.39, 0.29) is 19.8 Å². The second kappa shape index (κ2) is 13.4. The topological polar surface area (TPSA) is 274 Å². The summed E-state index contributed by atoms with van der Waals surface area (Å²) in [4.78, 5) is 0. The lowest BCUT2D eigenvalue weighted by Gasteiger charge is -2.47. The van der Waals surface area contributed by atoms with Gasteiger partial charge in [0.1, 0.15) is 97.7 Å². The average molecular weight is 645 g/mol. The monoisotopic (exact) mass is 644 g/mol. The van der Waals surface area contributed by atoms with E-state index in [1.54, 1.807) is 0 Å². The Balaban J connectivity index is 1.13. The molecule has 20 atom stereocenters. The zero-order valence-corrected chi connectivity index (χ0v) is 23.5. The van der Waals surface area contributed by atoms with Crippen LogP contribution in [0.4, 0.5) is 0 Å². The summed E-state index contributed by atoms with van der Waals surface area (Å²) in [5, 5.41) is 94.2. The van der Waals surface area contributed by atoms with E-state index in [0.717, 1.165) is 0 Å². The molecule has 19 heteroatoms. The second-order valence-corrected chi connectivity index (χ2v) is 11.7. The standard InChI is InChI=1S/C25H40O19/c1-35-3-7-12(29)20(44-23-14(31)18-11(28)8(40-23)4-36-18)15(32)24(39-7)42-17-9-5-37-21(17)16(33)25(41-9)43-19-10(27)6(2-26)38-22(34)13(19)30/h6-34H,2-5H2,1H3/t6-,7-,8+,9+,10+,11-,12+,13-,14+,15-,16+,17-,18-,19+,20+,21+,22?,23+,24+,25+/m1/s1. The Bertz CT molecular complexity index is 962. The van der Waals surface area contributed by atoms with E-state index in [1.807, 2.05) is 0 Å². The lowest BCUT2D eigenvalue weighted by molar-refractivity contribution is -0.372. The van der Waals surface area contributed by atoms with E-state index in [2.05, 4.69) is 0 Å². The van der Waals surface area contributed by atoms with Gasteiger partial charge in [-0.25, -0.2) is 0 Å². The third-order valence-corrected chi connectivity index (χ3v) is 8.85. The lowest BCUT2D eigenvalue weighted by atomic mass is 9.96. The molecule has 19 nitrogen and oxygen atoms in total. The van der Waals surface area contributed by atoms with Gasteiger partial charge in [-0.1, -0.05) is 0 Å². The maximum atomic E-state index is 11.2. The molecular formula is C25H40O19. The molecule has 254 valence electrons. The van der Waals surface area contributed by atoms with Gasteiger partial charge in [0.15, 0.2) is 25.2 Å². The van der Waals surface area contributed by atoms with Gasteiger partial charge >= 0.3 is 0 Å². The first-order valence-corrected chi connectivity index (χ1v) is 14.4. The number of aliphatic hydroxyl groups excluding tert-OH is 9. The van der Waals surface area contributed by atoms with Crippen LogP contribution in [-0.2, 0) is 47.4 Å². The first-order valence-electron chi connectivity index (χ1n) is 14.4. The zero-order valence-electron chi connectivity index (χ0n) is 23.5. The maximum absolute atomic E-state index is 11.2. The van der Waals surface area contributed by atoms with Crippen LogP contribution in [0.5, 0.6) is 0 Å². The van der Waals surface area contributed by atoms with Gasteiger partial charge < -0.3 is 93.3 Å². The fraction of sp³-hybridized carbons (Fsp3) is 1.00. The molecule has 6 rings (SSSR count). The number of ether oxygens (including phenoxy) is 10. The van der Waals surface area contributed by atoms with E-state index in [9.17, 15) is 46.0 Å². The number of rotatable bonds is 9. The smallest absolute Gasteiger partial charge is 0.187 e. The normalized spacial score (nSPS) is 55.8. The van der Waals surface area contributed by atoms with Crippen molar-refractivity contribution in [1.29, 1.82) is 0 Å². The van der Waals surface area contributed by atoms with Gasteiger partial charge in [0.05, 0.1) is 26.4 Å². The average Bonchev–Trinajstić information content (AvgIpc) is 3.46. The third kappa shape index (κ3) is 5.92. The Kier molecular flexibility index (Phi) is 10.1. The largest absolute Gasteiger partial charge is 0.394 e. The highest BCUT2D eigenvalue weighted by molar-refractivity contribution is 5.01. The molecule has 1 unspecified atom stereocenters. The highest BCUT2D eigenvalue weighted by Gasteiger charge is 2.58. The van der Waals surface area contributed by atoms with E-state index < -0.39 is 129 Å². The van der Waals surface area contributed by atoms with E-state index in [4.69, 9.17) is 47.4 Å². The van der Waals surface area contributed by atoms with Crippen LogP contribution in [0.2, 0.25) is 0 Å². The van der Waals surface area contributed by atoms with Crippen molar-refractivity contribution in [2.75, 3.05) is 33.5 Å². The van der Waals surface area contributed by atoms with Gasteiger partial charge in [-0.3, -0.25) is 0 Å². The number of fused-ring (bicyclic) bond motifs is 4. The Morgan fingerprint density at radius 2 is 1.09 bits per heavy atom. The molecule has 0 amide bonds. The molecule has 6 fully saturated rings. The first-order chi connectivity index (χ1) is 21.0. The highest BCUT2D eigenvalue weighted by atomic mass is 16.8. The van der Waals surface area contributed by atoms with E-state index in [1.165, 1.54) is 7.11 Å². The molecule has 44 heavy (non-hydrogen) atoms. The predicted molar refractivity (Wildman–Crippen MR) is 132 cm³/mol. The molecule has 9 N–H and O–H groups in total. The SMILES string of the molecule is COC[C@H]1O[C@@H](O[C@H]2[C@H]3OC[C@@H]2O[C@@H](O[C@H]2[C@@H](O)[C@@H](CO)OC(O)[C@@H]2O)[C@H]3O)[C@H](O)[C@@H](O[C@@H]2O[C@H]3CO[C@@H]([C@@H]2O)[C@@H]3O)[C@H]1O. The molecule has 4 bridgehead atoms. The van der Waals surface area contributed by atoms with Gasteiger partial charge in [-0.05, 0) is 0 Å². The van der Waals surface area contributed by atoms with Crippen LogP contribution in [0.1, 0.15) is 0 Å². The Labute approximate surface area is 250 Å². The van der Waals surface area contributed by atoms with Gasteiger partial charge in [0.2, 0.25) is 0 Å². The van der Waals surface area contributed by atoms with Crippen molar-refractivity contribution in [1.82, 2.24) is 0 Å². The Morgan fingerprint density at radius 1 is 0.545 bits per heavy atom. The van der Waals surface area contributed by atoms with Crippen molar-refractivity contribution < 1.29 is 93.3 Å². The summed E-state index contributed by atoms with van der Waals surface area (Å²) in [7, 11) is 1.37. The molecular weight excluding hydrogens is 604 g/mol. The number of methoxy groups -OCH3 is 1. The van der Waals surface area contributed by atoms with Crippen LogP contribution >= 0.6 is 0 Å². The molecule has 0 radical (unpaired) electrons. The minimum atomic E-state index is -1.78. The lowest BCUT2D eigenvalue weighted by Crippen LogP contribution is -2.65. The summed E-state index contributed by atoms with van der Waals surface area (Å²) in [6.07, 6.45) is -26.8. The number of hydrogen-bond acceptors (Lipinski definition) is 19. The van der Waals surface area contributed by atoms with Crippen LogP contribution in [0.25, 0.3) is 0 Å². The van der Waals surface area contributed by atoms with Gasteiger partial charge in [-0.15, -0.1) is 0 Å². The molecule has 0 aromatic carbocycles. The number of aliphatic hydroxyl groups is 9. The summed E-state index contributed by atoms with van der Waals surface area (Å²) in [6.45, 7) is -0.896. The van der Waals surface area contributed by atoms with Crippen molar-refractivity contribution in [3.8, 4) is 0 Å². The van der Waals surface area contributed by atoms with Gasteiger partial charge in [0.25, 0.3) is 0 Å². The second-order valence-electron chi connectivity index (χ2n) is 11.7. The molecule has 6 heterocycles. The summed E-state index contributed by atoms with van der Waals surface area (Å²) >= 11 is 0. The fourth-order valence-corrected chi connectivity index (χ4v) is 6.43. The van der Waals surface area contributed by atoms with Crippen LogP contribution in [0.15, 0.2) is 0 Å². The predicted octanol–water partition coefficient (Wildman–Crippen LogP) is -7.00. The minimum absolute atomic E-state index is 0.0200. The molecule has 0 aromatic heterocycles. The third-order valence-electron chi connectivity index (χ3n) is 8.85. The summed E-state index contributed by atoms with van der Waals surface area (Å²) < 4.78 is 55.8. The first kappa shape index (κ1) is 33.2. The van der Waals surface area contributed by atoms with Crippen molar-refractivity contribution in [2.24, 2.45) is 0 Å². The van der Waals surface area contributed by atoms with Gasteiger partial charge in [0, 0.05) is 7.11 Å². The van der Waals surface area contributed by atoms with Crippen molar-refractivity contribution in [3.63, 3.8) is 0 Å². The number of hydrogen-bond donors (Lipinski definition) is 9. The Morgan fingerprint density at radius 3 is 1.77 bits per heavy atom. The molecule has 0 spiro atoms. The zero-order chi connectivity index (χ0) is 31.4. The van der Waals surface area contributed by atoms with Crippen molar-refractivity contribution >= 4 is 0 Å². The summed E-state index contributed by atoms with van der Waals surface area (Å²) in [6, 6.07) is 0. The van der Waals surface area contributed by atoms with E-state index in [0.29, 0.717) is 0 Å². The molecule has 6 aliphatic heterocycles. The minimum Gasteiger partial charge on any atom is -0.394 e. The molecule has 0 saturated carbocycles. The molecule has 0 aromatic rings. The maximum Gasteiger partial charge on any atom is 0.187 e.